The van der Waals surface area contributed by atoms with Crippen molar-refractivity contribution in [1.82, 2.24) is 0 Å². The Hall–Kier alpha value is 0.200. The summed E-state index contributed by atoms with van der Waals surface area (Å²) in [5, 5.41) is 7.42. The summed E-state index contributed by atoms with van der Waals surface area (Å²) in [5.74, 6) is -0.833. The minimum Gasteiger partial charge on any atom is -0.481 e. The topological polar surface area (TPSA) is 37.3 Å². The predicted molar refractivity (Wildman–Crippen MR) is 33.3 cm³/mol. The third-order valence-electron chi connectivity index (χ3n) is 0. The van der Waals surface area contributed by atoms with Crippen molar-refractivity contribution in [2.24, 2.45) is 0 Å². The molecule has 0 aromatic rings. The minimum atomic E-state index is -0.833. The molecule has 0 spiro atoms. The molecule has 6 heavy (non-hydrogen) atoms. The first-order valence-electron chi connectivity index (χ1n) is 1.31. The van der Waals surface area contributed by atoms with Crippen LogP contribution in [0.25, 0.3) is 0 Å². The molecule has 0 aromatic carbocycles. The molecule has 0 heterocycles. The molecule has 0 saturated carbocycles. The van der Waals surface area contributed by atoms with E-state index in [9.17, 15) is 0 Å². The van der Waals surface area contributed by atoms with E-state index >= 15 is 0 Å². The van der Waals surface area contributed by atoms with Gasteiger partial charge in [-0.25, -0.2) is 0 Å². The number of hydrogen-bond acceptors (Lipinski definition) is 1. The molecule has 0 aliphatic rings. The van der Waals surface area contributed by atoms with Crippen LogP contribution >= 0.6 is 22.6 Å². The lowest BCUT2D eigenvalue weighted by Crippen LogP contribution is -1.78. The summed E-state index contributed by atoms with van der Waals surface area (Å²) < 4.78 is 0. The van der Waals surface area contributed by atoms with E-state index in [1.807, 2.05) is 4.93 Å². The van der Waals surface area contributed by atoms with E-state index in [2.05, 4.69) is 22.6 Å². The quantitative estimate of drug-likeness (QED) is 0.472. The maximum absolute atomic E-state index is 9.00. The molecule has 0 amide bonds. The molecule has 1 N–H and O–H groups in total. The summed E-state index contributed by atoms with van der Waals surface area (Å²) in [7, 11) is 0. The van der Waals surface area contributed by atoms with Crippen LogP contribution in [0.15, 0.2) is 0 Å². The van der Waals surface area contributed by atoms with Crippen molar-refractivity contribution in [2.45, 2.75) is 6.92 Å². The fourth-order valence-corrected chi connectivity index (χ4v) is 0. The number of rotatable bonds is 0. The van der Waals surface area contributed by atoms with Crippen molar-refractivity contribution in [1.29, 1.82) is 0 Å². The highest BCUT2D eigenvalue weighted by Gasteiger charge is 1.65. The summed E-state index contributed by atoms with van der Waals surface area (Å²) in [6.07, 6.45) is 0. The number of carboxylic acid groups (broad SMARTS) is 1. The molecule has 0 aliphatic carbocycles. The Morgan fingerprint density at radius 2 is 1.67 bits per heavy atom. The van der Waals surface area contributed by atoms with Gasteiger partial charge in [-0.1, -0.05) is 22.6 Å². The second kappa shape index (κ2) is 8.96. The lowest BCUT2D eigenvalue weighted by Gasteiger charge is -1.59. The van der Waals surface area contributed by atoms with Gasteiger partial charge < -0.3 is 5.11 Å². The van der Waals surface area contributed by atoms with E-state index < -0.39 is 5.97 Å². The van der Waals surface area contributed by atoms with Gasteiger partial charge in [0.1, 0.15) is 0 Å². The maximum Gasteiger partial charge on any atom is 0.300 e. The molecular weight excluding hydrogens is 195 g/mol. The van der Waals surface area contributed by atoms with Crippen LogP contribution in [0, 0.1) is 0 Å². The van der Waals surface area contributed by atoms with Crippen LogP contribution < -0.4 is 0 Å². The third-order valence-corrected chi connectivity index (χ3v) is 0. The van der Waals surface area contributed by atoms with E-state index in [0.29, 0.717) is 0 Å². The zero-order valence-corrected chi connectivity index (χ0v) is 5.89. The Morgan fingerprint density at radius 3 is 1.67 bits per heavy atom. The maximum atomic E-state index is 9.00. The van der Waals surface area contributed by atoms with Gasteiger partial charge >= 0.3 is 0 Å². The summed E-state index contributed by atoms with van der Waals surface area (Å²) >= 11 is 2.15. The second-order valence-corrected chi connectivity index (χ2v) is 0.519. The minimum absolute atomic E-state index is 0.833. The molecule has 38 valence electrons. The SMILES string of the molecule is CC(=O)O.CI. The van der Waals surface area contributed by atoms with Crippen molar-refractivity contribution in [3.63, 3.8) is 0 Å². The second-order valence-electron chi connectivity index (χ2n) is 0.519. The van der Waals surface area contributed by atoms with Gasteiger partial charge in [0.2, 0.25) is 0 Å². The van der Waals surface area contributed by atoms with Gasteiger partial charge in [0.25, 0.3) is 5.97 Å². The first-order chi connectivity index (χ1) is 2.73. The van der Waals surface area contributed by atoms with Crippen LogP contribution in [-0.4, -0.2) is 16.0 Å². The number of alkyl halides is 1. The highest BCUT2D eigenvalue weighted by Crippen LogP contribution is 1.48. The fraction of sp³-hybridized carbons (Fsp3) is 0.667. The lowest BCUT2D eigenvalue weighted by atomic mass is 10.9. The Balaban J connectivity index is 0. The van der Waals surface area contributed by atoms with Crippen molar-refractivity contribution >= 4 is 28.6 Å². The molecule has 0 bridgehead atoms. The van der Waals surface area contributed by atoms with Gasteiger partial charge in [-0.15, -0.1) is 0 Å². The predicted octanol–water partition coefficient (Wildman–Crippen LogP) is 1.14. The van der Waals surface area contributed by atoms with E-state index in [1.165, 1.54) is 0 Å². The van der Waals surface area contributed by atoms with Gasteiger partial charge in [0, 0.05) is 6.92 Å². The van der Waals surface area contributed by atoms with Gasteiger partial charge in [-0.05, 0) is 4.93 Å². The van der Waals surface area contributed by atoms with Crippen LogP contribution in [0.2, 0.25) is 0 Å². The smallest absolute Gasteiger partial charge is 0.300 e. The Bertz CT molecular complexity index is 31.8. The fourth-order valence-electron chi connectivity index (χ4n) is 0. The normalized spacial score (nSPS) is 5.17. The number of hydrogen-bond donors (Lipinski definition) is 1. The standard InChI is InChI=1S/C2H4O2.CH3I/c1-2(3)4;1-2/h1H3,(H,3,4);1H3. The average molecular weight is 202 g/mol. The molecule has 3 heteroatoms. The first-order valence-corrected chi connectivity index (χ1v) is 3.46. The Morgan fingerprint density at radius 1 is 1.67 bits per heavy atom. The zero-order valence-electron chi connectivity index (χ0n) is 3.73. The van der Waals surface area contributed by atoms with E-state index in [0.717, 1.165) is 6.92 Å². The molecule has 0 radical (unpaired) electrons. The molecule has 0 atom stereocenters. The third kappa shape index (κ3) is 1080. The van der Waals surface area contributed by atoms with Crippen molar-refractivity contribution < 1.29 is 9.90 Å². The largest absolute Gasteiger partial charge is 0.481 e. The van der Waals surface area contributed by atoms with Crippen LogP contribution in [0.1, 0.15) is 6.92 Å². The number of carbonyl (C=O) groups is 1. The molecule has 0 rings (SSSR count). The summed E-state index contributed by atoms with van der Waals surface area (Å²) in [6, 6.07) is 0. The van der Waals surface area contributed by atoms with Crippen molar-refractivity contribution in [2.75, 3.05) is 4.93 Å². The zero-order chi connectivity index (χ0) is 5.58. The number of aliphatic carboxylic acids is 1. The highest BCUT2D eigenvalue weighted by molar-refractivity contribution is 14.1. The monoisotopic (exact) mass is 202 g/mol. The first kappa shape index (κ1) is 9.50. The van der Waals surface area contributed by atoms with Crippen molar-refractivity contribution in [3.8, 4) is 0 Å². The molecule has 0 aromatic heterocycles. The molecular formula is C3H7IO2. The Kier molecular flexibility index (Phi) is 14.2. The van der Waals surface area contributed by atoms with E-state index in [1.54, 1.807) is 0 Å². The van der Waals surface area contributed by atoms with Gasteiger partial charge in [0.15, 0.2) is 0 Å². The molecule has 0 fully saturated rings. The summed E-state index contributed by atoms with van der Waals surface area (Å²) in [6.45, 7) is 1.08. The average Bonchev–Trinajstić information content (AvgIpc) is 1.41. The molecule has 2 nitrogen and oxygen atoms in total. The number of halogens is 1. The van der Waals surface area contributed by atoms with Crippen LogP contribution in [0.4, 0.5) is 0 Å². The van der Waals surface area contributed by atoms with Crippen molar-refractivity contribution in [3.05, 3.63) is 0 Å². The van der Waals surface area contributed by atoms with E-state index in [-0.39, 0.29) is 0 Å². The van der Waals surface area contributed by atoms with Gasteiger partial charge in [-0.3, -0.25) is 4.79 Å². The molecule has 0 aliphatic heterocycles. The van der Waals surface area contributed by atoms with Crippen LogP contribution in [-0.2, 0) is 4.79 Å². The Labute approximate surface area is 50.7 Å². The highest BCUT2D eigenvalue weighted by atomic mass is 127. The van der Waals surface area contributed by atoms with Crippen LogP contribution in [0.5, 0.6) is 0 Å². The summed E-state index contributed by atoms with van der Waals surface area (Å²) in [5.41, 5.74) is 0. The lowest BCUT2D eigenvalue weighted by molar-refractivity contribution is -0.134. The molecule has 0 saturated heterocycles. The van der Waals surface area contributed by atoms with Gasteiger partial charge in [0.05, 0.1) is 0 Å². The molecule has 0 unspecified atom stereocenters. The van der Waals surface area contributed by atoms with E-state index in [4.69, 9.17) is 9.90 Å². The summed E-state index contributed by atoms with van der Waals surface area (Å²) in [4.78, 5) is 11.0. The number of carboxylic acids is 1. The van der Waals surface area contributed by atoms with Gasteiger partial charge in [-0.2, -0.15) is 0 Å². The van der Waals surface area contributed by atoms with Crippen LogP contribution in [0.3, 0.4) is 0 Å².